The fourth-order valence-electron chi connectivity index (χ4n) is 4.81. The third-order valence-corrected chi connectivity index (χ3v) is 6.88. The van der Waals surface area contributed by atoms with E-state index in [1.807, 2.05) is 18.2 Å². The molecular formula is C26H29N3O5. The van der Waals surface area contributed by atoms with Crippen molar-refractivity contribution in [1.82, 2.24) is 15.1 Å². The highest BCUT2D eigenvalue weighted by molar-refractivity contribution is 5.98. The van der Waals surface area contributed by atoms with Crippen LogP contribution < -0.4 is 10.1 Å². The number of likely N-dealkylation sites (tertiary alicyclic amines) is 1. The molecule has 34 heavy (non-hydrogen) atoms. The molecule has 5 rings (SSSR count). The largest absolute Gasteiger partial charge is 0.497 e. The number of nitrogens with zero attached hydrogens (tertiary/aromatic N) is 2. The predicted octanol–water partition coefficient (Wildman–Crippen LogP) is 2.45. The van der Waals surface area contributed by atoms with Gasteiger partial charge in [-0.3, -0.25) is 19.3 Å². The average Bonchev–Trinajstić information content (AvgIpc) is 3.63. The lowest BCUT2D eigenvalue weighted by atomic mass is 9.96. The molecule has 3 fully saturated rings. The van der Waals surface area contributed by atoms with E-state index in [2.05, 4.69) is 5.32 Å². The summed E-state index contributed by atoms with van der Waals surface area (Å²) in [6, 6.07) is 15.6. The number of carbonyl (C=O) groups excluding carboxylic acids is 3. The van der Waals surface area contributed by atoms with Crippen LogP contribution in [0.2, 0.25) is 0 Å². The molecule has 2 aromatic rings. The second kappa shape index (κ2) is 9.10. The first kappa shape index (κ1) is 22.4. The van der Waals surface area contributed by atoms with Crippen molar-refractivity contribution in [2.24, 2.45) is 0 Å². The van der Waals surface area contributed by atoms with Gasteiger partial charge in [0.2, 0.25) is 5.91 Å². The zero-order chi connectivity index (χ0) is 23.7. The fraction of sp³-hybridized carbons (Fsp3) is 0.423. The van der Waals surface area contributed by atoms with Crippen LogP contribution in [0.5, 0.6) is 5.75 Å². The number of nitrogens with one attached hydrogen (secondary N) is 1. The summed E-state index contributed by atoms with van der Waals surface area (Å²) in [6.45, 7) is 0.998. The topological polar surface area (TPSA) is 88.2 Å². The molecule has 2 aromatic carbocycles. The van der Waals surface area contributed by atoms with Gasteiger partial charge in [0.15, 0.2) is 0 Å². The van der Waals surface area contributed by atoms with Crippen LogP contribution >= 0.6 is 0 Å². The highest BCUT2D eigenvalue weighted by Crippen LogP contribution is 2.39. The van der Waals surface area contributed by atoms with Crippen LogP contribution in [0, 0.1) is 0 Å². The normalized spacial score (nSPS) is 21.4. The van der Waals surface area contributed by atoms with Crippen LogP contribution in [0.1, 0.15) is 46.4 Å². The Labute approximate surface area is 198 Å². The summed E-state index contributed by atoms with van der Waals surface area (Å²) in [5.74, 6) is 0.151. The van der Waals surface area contributed by atoms with Gasteiger partial charge < -0.3 is 19.7 Å². The van der Waals surface area contributed by atoms with Crippen molar-refractivity contribution >= 4 is 17.7 Å². The van der Waals surface area contributed by atoms with Crippen LogP contribution in [0.25, 0.3) is 0 Å². The molecule has 0 radical (unpaired) electrons. The molecule has 2 heterocycles. The standard InChI is InChI=1S/C26H29N3O5/c1-33-21-9-5-8-19(16-21)24(31)28-14-12-26(13-15-28)29(25(32)18-6-3-2-4-7-18)22(17-34-26)23(30)27-20-10-11-20/h2-9,16,20,22H,10-15,17H2,1H3,(H,27,30)/t22-/m1/s1. The highest BCUT2D eigenvalue weighted by Gasteiger charge is 2.54. The molecule has 3 aliphatic rings. The maximum absolute atomic E-state index is 13.6. The molecule has 8 nitrogen and oxygen atoms in total. The van der Waals surface area contributed by atoms with E-state index in [4.69, 9.17) is 9.47 Å². The maximum Gasteiger partial charge on any atom is 0.256 e. The molecule has 1 saturated carbocycles. The van der Waals surface area contributed by atoms with E-state index in [1.54, 1.807) is 53.3 Å². The van der Waals surface area contributed by atoms with Gasteiger partial charge in [-0.15, -0.1) is 0 Å². The second-order valence-electron chi connectivity index (χ2n) is 9.12. The zero-order valence-corrected chi connectivity index (χ0v) is 19.2. The van der Waals surface area contributed by atoms with Gasteiger partial charge in [0.25, 0.3) is 11.8 Å². The fourth-order valence-corrected chi connectivity index (χ4v) is 4.81. The van der Waals surface area contributed by atoms with Gasteiger partial charge in [-0.05, 0) is 43.2 Å². The summed E-state index contributed by atoms with van der Waals surface area (Å²) in [5, 5.41) is 3.02. The molecule has 0 aromatic heterocycles. The second-order valence-corrected chi connectivity index (χ2v) is 9.12. The molecule has 1 N–H and O–H groups in total. The molecule has 8 heteroatoms. The lowest BCUT2D eigenvalue weighted by Gasteiger charge is -2.44. The average molecular weight is 464 g/mol. The highest BCUT2D eigenvalue weighted by atomic mass is 16.5. The summed E-state index contributed by atoms with van der Waals surface area (Å²) in [6.07, 6.45) is 2.82. The van der Waals surface area contributed by atoms with Gasteiger partial charge in [0.1, 0.15) is 17.5 Å². The number of rotatable bonds is 5. The smallest absolute Gasteiger partial charge is 0.256 e. The van der Waals surface area contributed by atoms with Crippen LogP contribution in [-0.2, 0) is 9.53 Å². The Bertz CT molecular complexity index is 1080. The van der Waals surface area contributed by atoms with Crippen molar-refractivity contribution in [3.05, 3.63) is 65.7 Å². The molecule has 3 amide bonds. The lowest BCUT2D eigenvalue weighted by Crippen LogP contribution is -2.60. The van der Waals surface area contributed by atoms with E-state index in [1.165, 1.54) is 0 Å². The number of hydrogen-bond donors (Lipinski definition) is 1. The Morgan fingerprint density at radius 2 is 1.68 bits per heavy atom. The zero-order valence-electron chi connectivity index (χ0n) is 19.2. The monoisotopic (exact) mass is 463 g/mol. The van der Waals surface area contributed by atoms with Crippen molar-refractivity contribution in [3.63, 3.8) is 0 Å². The Kier molecular flexibility index (Phi) is 6.00. The van der Waals surface area contributed by atoms with Gasteiger partial charge in [-0.1, -0.05) is 24.3 Å². The van der Waals surface area contributed by atoms with Gasteiger partial charge in [0.05, 0.1) is 13.7 Å². The molecule has 0 unspecified atom stereocenters. The first-order valence-electron chi connectivity index (χ1n) is 11.8. The number of hydrogen-bond acceptors (Lipinski definition) is 5. The van der Waals surface area contributed by atoms with Crippen LogP contribution in [-0.4, -0.2) is 72.1 Å². The van der Waals surface area contributed by atoms with Gasteiger partial charge >= 0.3 is 0 Å². The molecular weight excluding hydrogens is 434 g/mol. The van der Waals surface area contributed by atoms with E-state index >= 15 is 0 Å². The van der Waals surface area contributed by atoms with E-state index in [9.17, 15) is 14.4 Å². The van der Waals surface area contributed by atoms with Gasteiger partial charge in [-0.25, -0.2) is 0 Å². The van der Waals surface area contributed by atoms with Crippen molar-refractivity contribution in [2.75, 3.05) is 26.8 Å². The number of carbonyl (C=O) groups is 3. The van der Waals surface area contributed by atoms with Crippen LogP contribution in [0.15, 0.2) is 54.6 Å². The van der Waals surface area contributed by atoms with Crippen LogP contribution in [0.4, 0.5) is 0 Å². The molecule has 2 aliphatic heterocycles. The minimum absolute atomic E-state index is 0.0873. The van der Waals surface area contributed by atoms with Crippen molar-refractivity contribution in [2.45, 2.75) is 43.5 Å². The maximum atomic E-state index is 13.6. The van der Waals surface area contributed by atoms with Crippen molar-refractivity contribution in [3.8, 4) is 5.75 Å². The minimum atomic E-state index is -0.913. The van der Waals surface area contributed by atoms with E-state index in [-0.39, 0.29) is 30.4 Å². The summed E-state index contributed by atoms with van der Waals surface area (Å²) in [5.41, 5.74) is 0.164. The summed E-state index contributed by atoms with van der Waals surface area (Å²) in [7, 11) is 1.57. The van der Waals surface area contributed by atoms with Crippen molar-refractivity contribution < 1.29 is 23.9 Å². The SMILES string of the molecule is COc1cccc(C(=O)N2CCC3(CC2)OC[C@H](C(=O)NC2CC2)N3C(=O)c2ccccc2)c1. The van der Waals surface area contributed by atoms with Crippen molar-refractivity contribution in [1.29, 1.82) is 0 Å². The quantitative estimate of drug-likeness (QED) is 0.736. The Morgan fingerprint density at radius 1 is 0.971 bits per heavy atom. The lowest BCUT2D eigenvalue weighted by molar-refractivity contribution is -0.128. The molecule has 1 aliphatic carbocycles. The molecule has 0 bridgehead atoms. The summed E-state index contributed by atoms with van der Waals surface area (Å²) < 4.78 is 11.5. The molecule has 1 atom stereocenters. The molecule has 2 saturated heterocycles. The third kappa shape index (κ3) is 4.25. The van der Waals surface area contributed by atoms with Crippen LogP contribution in [0.3, 0.4) is 0 Å². The number of amides is 3. The van der Waals surface area contributed by atoms with E-state index in [0.29, 0.717) is 42.8 Å². The first-order valence-corrected chi connectivity index (χ1v) is 11.8. The van der Waals surface area contributed by atoms with Gasteiger partial charge in [-0.2, -0.15) is 0 Å². The molecule has 178 valence electrons. The Hall–Kier alpha value is -3.39. The minimum Gasteiger partial charge on any atom is -0.497 e. The number of methoxy groups -OCH3 is 1. The third-order valence-electron chi connectivity index (χ3n) is 6.88. The predicted molar refractivity (Wildman–Crippen MR) is 124 cm³/mol. The summed E-state index contributed by atoms with van der Waals surface area (Å²) in [4.78, 5) is 43.1. The Balaban J connectivity index is 1.36. The number of benzene rings is 2. The van der Waals surface area contributed by atoms with E-state index < -0.39 is 11.8 Å². The molecule has 1 spiro atoms. The number of piperidine rings is 1. The van der Waals surface area contributed by atoms with Gasteiger partial charge in [0, 0.05) is 43.1 Å². The number of ether oxygens (including phenoxy) is 2. The first-order chi connectivity index (χ1) is 16.5. The van der Waals surface area contributed by atoms with E-state index in [0.717, 1.165) is 12.8 Å². The summed E-state index contributed by atoms with van der Waals surface area (Å²) >= 11 is 0. The Morgan fingerprint density at radius 3 is 2.35 bits per heavy atom.